The Morgan fingerprint density at radius 1 is 1.04 bits per heavy atom. The summed E-state index contributed by atoms with van der Waals surface area (Å²) in [7, 11) is 0. The van der Waals surface area contributed by atoms with Gasteiger partial charge in [0.1, 0.15) is 5.69 Å². The van der Waals surface area contributed by atoms with Crippen LogP contribution in [0.4, 0.5) is 11.6 Å². The molecule has 6 heteroatoms. The first-order chi connectivity index (χ1) is 12.9. The average Bonchev–Trinajstić information content (AvgIpc) is 2.64. The van der Waals surface area contributed by atoms with Gasteiger partial charge in [-0.25, -0.2) is 9.97 Å². The molecule has 0 bridgehead atoms. The summed E-state index contributed by atoms with van der Waals surface area (Å²) in [6.07, 6.45) is 0. The molecule has 0 aliphatic heterocycles. The van der Waals surface area contributed by atoms with Crippen molar-refractivity contribution in [2.75, 3.05) is 10.6 Å². The fourth-order valence-electron chi connectivity index (χ4n) is 2.62. The highest BCUT2D eigenvalue weighted by atomic mass is 35.5. The van der Waals surface area contributed by atoms with Crippen LogP contribution in [0.5, 0.6) is 0 Å². The molecular formula is C21H21ClN4O. The van der Waals surface area contributed by atoms with Crippen LogP contribution in [0, 0.1) is 20.8 Å². The Bertz CT molecular complexity index is 970. The molecule has 0 radical (unpaired) electrons. The van der Waals surface area contributed by atoms with E-state index in [1.54, 1.807) is 6.07 Å². The molecule has 0 spiro atoms. The van der Waals surface area contributed by atoms with Crippen LogP contribution in [0.1, 0.15) is 32.9 Å². The van der Waals surface area contributed by atoms with Gasteiger partial charge in [0.05, 0.1) is 0 Å². The third-order valence-corrected chi connectivity index (χ3v) is 4.56. The van der Waals surface area contributed by atoms with Crippen molar-refractivity contribution in [2.24, 2.45) is 0 Å². The Morgan fingerprint density at radius 3 is 2.52 bits per heavy atom. The number of aromatic nitrogens is 2. The average molecular weight is 381 g/mol. The lowest BCUT2D eigenvalue weighted by Crippen LogP contribution is -2.17. The van der Waals surface area contributed by atoms with Crippen molar-refractivity contribution in [3.05, 3.63) is 81.6 Å². The van der Waals surface area contributed by atoms with Gasteiger partial charge in [-0.05, 0) is 61.7 Å². The molecule has 0 aliphatic rings. The summed E-state index contributed by atoms with van der Waals surface area (Å²) in [5.41, 5.74) is 5.03. The zero-order valence-corrected chi connectivity index (χ0v) is 16.3. The Balaban J connectivity index is 1.75. The van der Waals surface area contributed by atoms with Gasteiger partial charge in [0, 0.05) is 22.9 Å². The van der Waals surface area contributed by atoms with E-state index in [1.165, 1.54) is 0 Å². The minimum absolute atomic E-state index is 0.260. The second-order valence-electron chi connectivity index (χ2n) is 6.40. The molecule has 3 aromatic rings. The van der Waals surface area contributed by atoms with Crippen molar-refractivity contribution in [2.45, 2.75) is 27.3 Å². The van der Waals surface area contributed by atoms with E-state index in [-0.39, 0.29) is 5.91 Å². The first-order valence-electron chi connectivity index (χ1n) is 8.64. The van der Waals surface area contributed by atoms with Crippen molar-refractivity contribution < 1.29 is 4.79 Å². The van der Waals surface area contributed by atoms with Crippen molar-refractivity contribution >= 4 is 29.1 Å². The largest absolute Gasteiger partial charge is 0.350 e. The van der Waals surface area contributed by atoms with Gasteiger partial charge in [-0.15, -0.1) is 0 Å². The van der Waals surface area contributed by atoms with Crippen LogP contribution in [0.15, 0.2) is 48.5 Å². The molecular weight excluding hydrogens is 360 g/mol. The Morgan fingerprint density at radius 2 is 1.78 bits per heavy atom. The number of rotatable bonds is 5. The molecule has 2 aromatic carbocycles. The summed E-state index contributed by atoms with van der Waals surface area (Å²) in [4.78, 5) is 21.4. The fourth-order valence-corrected chi connectivity index (χ4v) is 2.75. The molecule has 2 N–H and O–H groups in total. The van der Waals surface area contributed by atoms with Crippen LogP contribution in [0.2, 0.25) is 5.02 Å². The van der Waals surface area contributed by atoms with Crippen LogP contribution in [0.3, 0.4) is 0 Å². The molecule has 138 valence electrons. The number of hydrogen-bond acceptors (Lipinski definition) is 4. The number of nitrogens with one attached hydrogen (secondary N) is 2. The molecule has 27 heavy (non-hydrogen) atoms. The van der Waals surface area contributed by atoms with Crippen LogP contribution in [-0.2, 0) is 6.54 Å². The minimum Gasteiger partial charge on any atom is -0.350 e. The maximum absolute atomic E-state index is 12.6. The second kappa shape index (κ2) is 8.18. The summed E-state index contributed by atoms with van der Waals surface area (Å²) >= 11 is 5.90. The Labute approximate surface area is 163 Å². The number of halogens is 1. The number of amides is 1. The highest BCUT2D eigenvalue weighted by Gasteiger charge is 2.12. The highest BCUT2D eigenvalue weighted by molar-refractivity contribution is 6.30. The summed E-state index contributed by atoms with van der Waals surface area (Å²) in [5, 5.41) is 6.78. The molecule has 3 rings (SSSR count). The normalized spacial score (nSPS) is 10.5. The number of hydrogen-bond donors (Lipinski definition) is 2. The highest BCUT2D eigenvalue weighted by Crippen LogP contribution is 2.19. The van der Waals surface area contributed by atoms with Crippen LogP contribution in [-0.4, -0.2) is 15.9 Å². The maximum Gasteiger partial charge on any atom is 0.274 e. The van der Waals surface area contributed by atoms with E-state index in [0.29, 0.717) is 23.2 Å². The molecule has 0 fully saturated rings. The molecule has 0 atom stereocenters. The van der Waals surface area contributed by atoms with E-state index in [9.17, 15) is 4.79 Å². The van der Waals surface area contributed by atoms with Crippen molar-refractivity contribution in [3.63, 3.8) is 0 Å². The van der Waals surface area contributed by atoms with Crippen molar-refractivity contribution in [3.8, 4) is 0 Å². The molecule has 5 nitrogen and oxygen atoms in total. The van der Waals surface area contributed by atoms with E-state index in [4.69, 9.17) is 11.6 Å². The number of carbonyl (C=O) groups is 1. The number of anilines is 2. The van der Waals surface area contributed by atoms with Crippen LogP contribution < -0.4 is 10.6 Å². The number of carbonyl (C=O) groups excluding carboxylic acids is 1. The lowest BCUT2D eigenvalue weighted by atomic mass is 10.1. The molecule has 0 aliphatic carbocycles. The van der Waals surface area contributed by atoms with Gasteiger partial charge >= 0.3 is 0 Å². The quantitative estimate of drug-likeness (QED) is 0.659. The molecule has 0 saturated heterocycles. The number of benzene rings is 2. The van der Waals surface area contributed by atoms with Gasteiger partial charge in [-0.2, -0.15) is 0 Å². The van der Waals surface area contributed by atoms with Gasteiger partial charge in [0.2, 0.25) is 5.95 Å². The molecule has 0 saturated carbocycles. The summed E-state index contributed by atoms with van der Waals surface area (Å²) in [6, 6.07) is 15.0. The zero-order chi connectivity index (χ0) is 19.4. The third-order valence-electron chi connectivity index (χ3n) is 4.30. The molecule has 0 unspecified atom stereocenters. The third kappa shape index (κ3) is 4.83. The molecule has 1 heterocycles. The number of aryl methyl sites for hydroxylation is 2. The van der Waals surface area contributed by atoms with Gasteiger partial charge in [-0.3, -0.25) is 4.79 Å². The number of nitrogens with zero attached hydrogens (tertiary/aromatic N) is 2. The van der Waals surface area contributed by atoms with Crippen molar-refractivity contribution in [1.82, 2.24) is 9.97 Å². The predicted octanol–water partition coefficient (Wildman–Crippen LogP) is 4.92. The van der Waals surface area contributed by atoms with Gasteiger partial charge in [-0.1, -0.05) is 35.9 Å². The first-order valence-corrected chi connectivity index (χ1v) is 9.02. The van der Waals surface area contributed by atoms with Crippen molar-refractivity contribution in [1.29, 1.82) is 0 Å². The SMILES string of the molecule is Cc1cc(C(=O)Nc2cccc(C)c2C)nc(NCc2ccc(Cl)cc2)n1. The summed E-state index contributed by atoms with van der Waals surface area (Å²) in [6.45, 7) is 6.37. The first kappa shape index (κ1) is 18.9. The zero-order valence-electron chi connectivity index (χ0n) is 15.5. The van der Waals surface area contributed by atoms with Gasteiger partial charge in [0.15, 0.2) is 0 Å². The minimum atomic E-state index is -0.260. The van der Waals surface area contributed by atoms with Crippen LogP contribution >= 0.6 is 11.6 Å². The second-order valence-corrected chi connectivity index (χ2v) is 6.84. The standard InChI is InChI=1S/C21H21ClN4O/c1-13-5-4-6-18(15(13)3)25-20(27)19-11-14(2)24-21(26-19)23-12-16-7-9-17(22)10-8-16/h4-11H,12H2,1-3H3,(H,25,27)(H,23,24,26). The molecule has 1 amide bonds. The van der Waals surface area contributed by atoms with E-state index in [0.717, 1.165) is 28.1 Å². The molecule has 1 aromatic heterocycles. The lowest BCUT2D eigenvalue weighted by molar-refractivity contribution is 0.102. The topological polar surface area (TPSA) is 66.9 Å². The predicted molar refractivity (Wildman–Crippen MR) is 109 cm³/mol. The summed E-state index contributed by atoms with van der Waals surface area (Å²) in [5.74, 6) is 0.153. The van der Waals surface area contributed by atoms with E-state index in [1.807, 2.05) is 63.2 Å². The Kier molecular flexibility index (Phi) is 5.72. The lowest BCUT2D eigenvalue weighted by Gasteiger charge is -2.11. The van der Waals surface area contributed by atoms with E-state index >= 15 is 0 Å². The summed E-state index contributed by atoms with van der Waals surface area (Å²) < 4.78 is 0. The monoisotopic (exact) mass is 380 g/mol. The van der Waals surface area contributed by atoms with Gasteiger partial charge in [0.25, 0.3) is 5.91 Å². The maximum atomic E-state index is 12.6. The fraction of sp³-hybridized carbons (Fsp3) is 0.190. The van der Waals surface area contributed by atoms with Crippen LogP contribution in [0.25, 0.3) is 0 Å². The van der Waals surface area contributed by atoms with E-state index in [2.05, 4.69) is 20.6 Å². The van der Waals surface area contributed by atoms with E-state index < -0.39 is 0 Å². The Hall–Kier alpha value is -2.92. The van der Waals surface area contributed by atoms with Gasteiger partial charge < -0.3 is 10.6 Å². The smallest absolute Gasteiger partial charge is 0.274 e.